The Morgan fingerprint density at radius 2 is 2.00 bits per heavy atom. The molecule has 0 aliphatic heterocycles. The van der Waals surface area contributed by atoms with Gasteiger partial charge in [0.25, 0.3) is 0 Å². The van der Waals surface area contributed by atoms with E-state index in [1.54, 1.807) is 0 Å². The quantitative estimate of drug-likeness (QED) is 0.795. The smallest absolute Gasteiger partial charge is 0.239 e. The highest BCUT2D eigenvalue weighted by molar-refractivity contribution is 7.98. The number of phenolic OH excluding ortho intramolecular Hbond substituents is 1. The summed E-state index contributed by atoms with van der Waals surface area (Å²) in [5.41, 5.74) is 2.75. The summed E-state index contributed by atoms with van der Waals surface area (Å²) in [6, 6.07) is 3.81. The topological polar surface area (TPSA) is 20.2 Å². The lowest BCUT2D eigenvalue weighted by Gasteiger charge is -2.08. The SMILES string of the molecule is Cc1cc(C)c(O)c(CSCCC(F)F)c1. The fourth-order valence-electron chi connectivity index (χ4n) is 1.51. The number of hydrogen-bond acceptors (Lipinski definition) is 2. The summed E-state index contributed by atoms with van der Waals surface area (Å²) in [6.45, 7) is 3.80. The van der Waals surface area contributed by atoms with Gasteiger partial charge in [0.05, 0.1) is 0 Å². The first kappa shape index (κ1) is 13.3. The molecule has 0 heterocycles. The molecule has 0 bridgehead atoms. The second-order valence-electron chi connectivity index (χ2n) is 3.82. The fourth-order valence-corrected chi connectivity index (χ4v) is 2.44. The van der Waals surface area contributed by atoms with Gasteiger partial charge in [-0.25, -0.2) is 8.78 Å². The summed E-state index contributed by atoms with van der Waals surface area (Å²) in [7, 11) is 0. The van der Waals surface area contributed by atoms with Crippen molar-refractivity contribution in [3.05, 3.63) is 28.8 Å². The van der Waals surface area contributed by atoms with Gasteiger partial charge in [0, 0.05) is 17.7 Å². The Balaban J connectivity index is 2.53. The van der Waals surface area contributed by atoms with Crippen LogP contribution in [0.2, 0.25) is 0 Å². The Hall–Kier alpha value is -0.770. The van der Waals surface area contributed by atoms with Crippen LogP contribution in [0.3, 0.4) is 0 Å². The van der Waals surface area contributed by atoms with Crippen molar-refractivity contribution >= 4 is 11.8 Å². The van der Waals surface area contributed by atoms with E-state index >= 15 is 0 Å². The van der Waals surface area contributed by atoms with Gasteiger partial charge in [0.15, 0.2) is 0 Å². The van der Waals surface area contributed by atoms with Crippen LogP contribution in [0.1, 0.15) is 23.1 Å². The van der Waals surface area contributed by atoms with E-state index in [9.17, 15) is 13.9 Å². The van der Waals surface area contributed by atoms with Gasteiger partial charge in [-0.2, -0.15) is 11.8 Å². The highest BCUT2D eigenvalue weighted by atomic mass is 32.2. The standard InChI is InChI=1S/C12H16F2OS/c1-8-5-9(2)12(15)10(6-8)7-16-4-3-11(13)14/h5-6,11,15H,3-4,7H2,1-2H3. The van der Waals surface area contributed by atoms with E-state index in [1.165, 1.54) is 11.8 Å². The molecule has 0 atom stereocenters. The first-order valence-corrected chi connectivity index (χ1v) is 6.31. The highest BCUT2D eigenvalue weighted by Crippen LogP contribution is 2.27. The maximum Gasteiger partial charge on any atom is 0.239 e. The first-order chi connectivity index (χ1) is 7.50. The molecule has 0 aromatic heterocycles. The summed E-state index contributed by atoms with van der Waals surface area (Å²) < 4.78 is 23.8. The largest absolute Gasteiger partial charge is 0.507 e. The second-order valence-corrected chi connectivity index (χ2v) is 4.93. The summed E-state index contributed by atoms with van der Waals surface area (Å²) >= 11 is 1.43. The third-order valence-corrected chi connectivity index (χ3v) is 3.30. The minimum Gasteiger partial charge on any atom is -0.507 e. The molecule has 0 saturated carbocycles. The molecule has 0 aliphatic rings. The van der Waals surface area contributed by atoms with E-state index in [2.05, 4.69) is 0 Å². The van der Waals surface area contributed by atoms with Crippen molar-refractivity contribution in [1.29, 1.82) is 0 Å². The molecule has 90 valence electrons. The molecular formula is C12H16F2OS. The van der Waals surface area contributed by atoms with Crippen molar-refractivity contribution < 1.29 is 13.9 Å². The van der Waals surface area contributed by atoms with Crippen LogP contribution >= 0.6 is 11.8 Å². The minimum atomic E-state index is -2.24. The predicted molar refractivity (Wildman–Crippen MR) is 64.4 cm³/mol. The third kappa shape index (κ3) is 4.00. The lowest BCUT2D eigenvalue weighted by atomic mass is 10.1. The monoisotopic (exact) mass is 246 g/mol. The Kier molecular flexibility index (Phi) is 5.06. The number of thioether (sulfide) groups is 1. The predicted octanol–water partition coefficient (Wildman–Crippen LogP) is 3.90. The van der Waals surface area contributed by atoms with E-state index in [-0.39, 0.29) is 12.2 Å². The molecule has 1 rings (SSSR count). The molecule has 0 saturated heterocycles. The van der Waals surface area contributed by atoms with E-state index in [4.69, 9.17) is 0 Å². The Morgan fingerprint density at radius 3 is 2.62 bits per heavy atom. The molecule has 16 heavy (non-hydrogen) atoms. The van der Waals surface area contributed by atoms with E-state index in [1.807, 2.05) is 26.0 Å². The molecule has 0 amide bonds. The first-order valence-electron chi connectivity index (χ1n) is 5.15. The van der Waals surface area contributed by atoms with Crippen molar-refractivity contribution in [3.63, 3.8) is 0 Å². The van der Waals surface area contributed by atoms with Gasteiger partial charge in [0.2, 0.25) is 6.43 Å². The molecule has 0 spiro atoms. The normalized spacial score (nSPS) is 11.1. The fraction of sp³-hybridized carbons (Fsp3) is 0.500. The van der Waals surface area contributed by atoms with Gasteiger partial charge in [-0.1, -0.05) is 17.7 Å². The number of alkyl halides is 2. The highest BCUT2D eigenvalue weighted by Gasteiger charge is 2.07. The van der Waals surface area contributed by atoms with E-state index in [0.717, 1.165) is 16.7 Å². The van der Waals surface area contributed by atoms with Gasteiger partial charge < -0.3 is 5.11 Å². The van der Waals surface area contributed by atoms with E-state index in [0.29, 0.717) is 11.5 Å². The minimum absolute atomic E-state index is 0.0871. The molecule has 1 aromatic rings. The summed E-state index contributed by atoms with van der Waals surface area (Å²) in [5, 5.41) is 9.77. The average Bonchev–Trinajstić information content (AvgIpc) is 2.19. The Labute approximate surface area is 98.9 Å². The van der Waals surface area contributed by atoms with Crippen LogP contribution in [-0.4, -0.2) is 17.3 Å². The maximum atomic E-state index is 11.9. The Bertz CT molecular complexity index is 353. The summed E-state index contributed by atoms with van der Waals surface area (Å²) in [4.78, 5) is 0. The number of halogens is 2. The van der Waals surface area contributed by atoms with Crippen LogP contribution in [0.25, 0.3) is 0 Å². The molecule has 4 heteroatoms. The van der Waals surface area contributed by atoms with Crippen molar-refractivity contribution in [3.8, 4) is 5.75 Å². The van der Waals surface area contributed by atoms with Crippen molar-refractivity contribution in [1.82, 2.24) is 0 Å². The summed E-state index contributed by atoms with van der Waals surface area (Å²) in [5.74, 6) is 1.29. The third-order valence-electron chi connectivity index (χ3n) is 2.26. The average molecular weight is 246 g/mol. The van der Waals surface area contributed by atoms with Crippen molar-refractivity contribution in [2.45, 2.75) is 32.4 Å². The van der Waals surface area contributed by atoms with Crippen molar-refractivity contribution in [2.75, 3.05) is 5.75 Å². The van der Waals surface area contributed by atoms with Gasteiger partial charge >= 0.3 is 0 Å². The zero-order valence-electron chi connectivity index (χ0n) is 9.46. The number of phenols is 1. The molecule has 0 aliphatic carbocycles. The van der Waals surface area contributed by atoms with Crippen LogP contribution in [0.15, 0.2) is 12.1 Å². The molecule has 1 N–H and O–H groups in total. The van der Waals surface area contributed by atoms with Crippen LogP contribution in [0.4, 0.5) is 8.78 Å². The van der Waals surface area contributed by atoms with Gasteiger partial charge in [-0.3, -0.25) is 0 Å². The number of rotatable bonds is 5. The molecule has 0 fully saturated rings. The van der Waals surface area contributed by atoms with Gasteiger partial charge in [-0.05, 0) is 25.2 Å². The number of aryl methyl sites for hydroxylation is 2. The van der Waals surface area contributed by atoms with Crippen LogP contribution < -0.4 is 0 Å². The van der Waals surface area contributed by atoms with Gasteiger partial charge in [0.1, 0.15) is 5.75 Å². The van der Waals surface area contributed by atoms with Crippen LogP contribution in [-0.2, 0) is 5.75 Å². The Morgan fingerprint density at radius 1 is 1.31 bits per heavy atom. The van der Waals surface area contributed by atoms with Gasteiger partial charge in [-0.15, -0.1) is 0 Å². The van der Waals surface area contributed by atoms with Crippen LogP contribution in [0.5, 0.6) is 5.75 Å². The van der Waals surface area contributed by atoms with E-state index < -0.39 is 6.43 Å². The second kappa shape index (κ2) is 6.09. The van der Waals surface area contributed by atoms with Crippen LogP contribution in [0, 0.1) is 13.8 Å². The number of hydrogen-bond donors (Lipinski definition) is 1. The molecule has 1 aromatic carbocycles. The van der Waals surface area contributed by atoms with Crippen molar-refractivity contribution in [2.24, 2.45) is 0 Å². The molecule has 0 unspecified atom stereocenters. The molecular weight excluding hydrogens is 230 g/mol. The lowest BCUT2D eigenvalue weighted by Crippen LogP contribution is -1.94. The zero-order chi connectivity index (χ0) is 12.1. The summed E-state index contributed by atoms with van der Waals surface area (Å²) in [6.07, 6.45) is -2.32. The number of benzene rings is 1. The molecule has 1 nitrogen and oxygen atoms in total. The maximum absolute atomic E-state index is 11.9. The lowest BCUT2D eigenvalue weighted by molar-refractivity contribution is 0.145. The zero-order valence-corrected chi connectivity index (χ0v) is 10.3. The number of aromatic hydroxyl groups is 1. The molecule has 0 radical (unpaired) electrons.